The lowest BCUT2D eigenvalue weighted by Gasteiger charge is -2.16. The van der Waals surface area contributed by atoms with Crippen LogP contribution in [0.15, 0.2) is 72.1 Å². The Hall–Kier alpha value is -3.45. The second-order valence-electron chi connectivity index (χ2n) is 6.13. The lowest BCUT2D eigenvalue weighted by Crippen LogP contribution is -2.45. The number of nitrogens with two attached hydrogens (primary N) is 1. The van der Waals surface area contributed by atoms with Gasteiger partial charge in [0.25, 0.3) is 11.8 Å². The maximum atomic E-state index is 12.5. The number of primary amides is 1. The number of carbonyl (C=O) groups excluding carboxylic acids is 3. The standard InChI is InChI=1S/C21H19N3O3S/c22-19(25)17(13-14-5-2-1-3-6-14)24-20(26)15-8-10-16(11-9-15)23-21(27)18-7-4-12-28-18/h1-12,17H,13H2,(H2,22,25)(H,23,27)(H,24,26)/t17-/m1/s1. The van der Waals surface area contributed by atoms with Gasteiger partial charge in [-0.1, -0.05) is 36.4 Å². The van der Waals surface area contributed by atoms with Crippen molar-refractivity contribution in [3.63, 3.8) is 0 Å². The van der Waals surface area contributed by atoms with Gasteiger partial charge in [0.05, 0.1) is 4.88 Å². The van der Waals surface area contributed by atoms with Crippen molar-refractivity contribution in [2.45, 2.75) is 12.5 Å². The highest BCUT2D eigenvalue weighted by Crippen LogP contribution is 2.14. The van der Waals surface area contributed by atoms with Crippen LogP contribution in [0.3, 0.4) is 0 Å². The van der Waals surface area contributed by atoms with Crippen molar-refractivity contribution in [3.8, 4) is 0 Å². The van der Waals surface area contributed by atoms with Crippen molar-refractivity contribution in [3.05, 3.63) is 88.1 Å². The first-order valence-corrected chi connectivity index (χ1v) is 9.50. The molecule has 0 aliphatic rings. The molecule has 0 unspecified atom stereocenters. The molecule has 0 aliphatic carbocycles. The van der Waals surface area contributed by atoms with E-state index in [0.29, 0.717) is 22.5 Å². The van der Waals surface area contributed by atoms with Gasteiger partial charge in [-0.25, -0.2) is 0 Å². The molecule has 0 saturated carbocycles. The van der Waals surface area contributed by atoms with Crippen LogP contribution in [0.5, 0.6) is 0 Å². The van der Waals surface area contributed by atoms with E-state index in [1.165, 1.54) is 11.3 Å². The molecule has 0 bridgehead atoms. The van der Waals surface area contributed by atoms with Gasteiger partial charge in [-0.05, 0) is 41.3 Å². The van der Waals surface area contributed by atoms with Gasteiger partial charge in [-0.2, -0.15) is 0 Å². The number of anilines is 1. The molecule has 6 nitrogen and oxygen atoms in total. The fraction of sp³-hybridized carbons (Fsp3) is 0.0952. The van der Waals surface area contributed by atoms with Crippen molar-refractivity contribution < 1.29 is 14.4 Å². The van der Waals surface area contributed by atoms with E-state index in [1.54, 1.807) is 36.4 Å². The summed E-state index contributed by atoms with van der Waals surface area (Å²) in [5, 5.41) is 7.26. The summed E-state index contributed by atoms with van der Waals surface area (Å²) < 4.78 is 0. The van der Waals surface area contributed by atoms with Crippen LogP contribution in [0.1, 0.15) is 25.6 Å². The SMILES string of the molecule is NC(=O)[C@@H](Cc1ccccc1)NC(=O)c1ccc(NC(=O)c2cccs2)cc1. The van der Waals surface area contributed by atoms with Crippen LogP contribution < -0.4 is 16.4 Å². The van der Waals surface area contributed by atoms with E-state index in [1.807, 2.05) is 35.7 Å². The van der Waals surface area contributed by atoms with E-state index < -0.39 is 17.9 Å². The number of hydrogen-bond donors (Lipinski definition) is 3. The van der Waals surface area contributed by atoms with Gasteiger partial charge >= 0.3 is 0 Å². The Kier molecular flexibility index (Phi) is 6.18. The molecule has 1 atom stereocenters. The summed E-state index contributed by atoms with van der Waals surface area (Å²) in [6, 6.07) is 18.5. The number of rotatable bonds is 7. The molecule has 0 fully saturated rings. The summed E-state index contributed by atoms with van der Waals surface area (Å²) in [5.74, 6) is -1.21. The van der Waals surface area contributed by atoms with Crippen LogP contribution in [0.25, 0.3) is 0 Å². The van der Waals surface area contributed by atoms with Gasteiger partial charge in [0.1, 0.15) is 6.04 Å². The maximum absolute atomic E-state index is 12.5. The largest absolute Gasteiger partial charge is 0.368 e. The highest BCUT2D eigenvalue weighted by Gasteiger charge is 2.19. The van der Waals surface area contributed by atoms with Crippen molar-refractivity contribution >= 4 is 34.7 Å². The first-order valence-electron chi connectivity index (χ1n) is 8.62. The molecule has 4 N–H and O–H groups in total. The fourth-order valence-electron chi connectivity index (χ4n) is 2.62. The van der Waals surface area contributed by atoms with Crippen LogP contribution in [-0.2, 0) is 11.2 Å². The summed E-state index contributed by atoms with van der Waals surface area (Å²) in [5.41, 5.74) is 7.28. The van der Waals surface area contributed by atoms with Crippen molar-refractivity contribution in [1.82, 2.24) is 5.32 Å². The summed E-state index contributed by atoms with van der Waals surface area (Å²) in [4.78, 5) is 36.8. The van der Waals surface area contributed by atoms with Crippen LogP contribution in [0.4, 0.5) is 5.69 Å². The molecule has 0 saturated heterocycles. The first-order chi connectivity index (χ1) is 13.5. The van der Waals surface area contributed by atoms with Gasteiger partial charge < -0.3 is 16.4 Å². The summed E-state index contributed by atoms with van der Waals surface area (Å²) in [6.45, 7) is 0. The predicted molar refractivity (Wildman–Crippen MR) is 109 cm³/mol. The Morgan fingerprint density at radius 3 is 2.21 bits per heavy atom. The molecule has 3 aromatic rings. The van der Waals surface area contributed by atoms with Crippen molar-refractivity contribution in [2.24, 2.45) is 5.73 Å². The molecule has 28 heavy (non-hydrogen) atoms. The molecular formula is C21H19N3O3S. The quantitative estimate of drug-likeness (QED) is 0.575. The summed E-state index contributed by atoms with van der Waals surface area (Å²) >= 11 is 1.35. The van der Waals surface area contributed by atoms with E-state index in [4.69, 9.17) is 5.73 Å². The van der Waals surface area contributed by atoms with Gasteiger partial charge in [-0.15, -0.1) is 11.3 Å². The molecule has 3 rings (SSSR count). The van der Waals surface area contributed by atoms with E-state index in [-0.39, 0.29) is 5.91 Å². The van der Waals surface area contributed by atoms with Crippen LogP contribution >= 0.6 is 11.3 Å². The van der Waals surface area contributed by atoms with E-state index in [9.17, 15) is 14.4 Å². The second-order valence-corrected chi connectivity index (χ2v) is 7.07. The Bertz CT molecular complexity index is 954. The second kappa shape index (κ2) is 8.96. The summed E-state index contributed by atoms with van der Waals surface area (Å²) in [6.07, 6.45) is 0.316. The molecule has 0 aliphatic heterocycles. The van der Waals surface area contributed by atoms with Gasteiger partial charge in [0.15, 0.2) is 0 Å². The third-order valence-corrected chi connectivity index (χ3v) is 4.95. The number of carbonyl (C=O) groups is 3. The minimum absolute atomic E-state index is 0.205. The van der Waals surface area contributed by atoms with Crippen LogP contribution in [-0.4, -0.2) is 23.8 Å². The summed E-state index contributed by atoms with van der Waals surface area (Å²) in [7, 11) is 0. The molecule has 3 amide bonds. The average molecular weight is 393 g/mol. The number of benzene rings is 2. The van der Waals surface area contributed by atoms with Crippen LogP contribution in [0, 0.1) is 0 Å². The molecule has 2 aromatic carbocycles. The molecule has 7 heteroatoms. The van der Waals surface area contributed by atoms with Crippen molar-refractivity contribution in [1.29, 1.82) is 0 Å². The zero-order chi connectivity index (χ0) is 19.9. The number of thiophene rings is 1. The minimum Gasteiger partial charge on any atom is -0.368 e. The number of hydrogen-bond acceptors (Lipinski definition) is 4. The normalized spacial score (nSPS) is 11.4. The van der Waals surface area contributed by atoms with Gasteiger partial charge in [0, 0.05) is 17.7 Å². The molecule has 142 valence electrons. The topological polar surface area (TPSA) is 101 Å². The molecule has 1 heterocycles. The maximum Gasteiger partial charge on any atom is 0.265 e. The van der Waals surface area contributed by atoms with E-state index >= 15 is 0 Å². The van der Waals surface area contributed by atoms with E-state index in [2.05, 4.69) is 10.6 Å². The zero-order valence-electron chi connectivity index (χ0n) is 14.9. The number of amides is 3. The Balaban J connectivity index is 1.63. The minimum atomic E-state index is -0.812. The zero-order valence-corrected chi connectivity index (χ0v) is 15.7. The van der Waals surface area contributed by atoms with Crippen LogP contribution in [0.2, 0.25) is 0 Å². The highest BCUT2D eigenvalue weighted by atomic mass is 32.1. The lowest BCUT2D eigenvalue weighted by atomic mass is 10.0. The number of nitrogens with one attached hydrogen (secondary N) is 2. The van der Waals surface area contributed by atoms with Crippen molar-refractivity contribution in [2.75, 3.05) is 5.32 Å². The lowest BCUT2D eigenvalue weighted by molar-refractivity contribution is -0.119. The smallest absolute Gasteiger partial charge is 0.265 e. The van der Waals surface area contributed by atoms with E-state index in [0.717, 1.165) is 5.56 Å². The highest BCUT2D eigenvalue weighted by molar-refractivity contribution is 7.12. The Morgan fingerprint density at radius 2 is 1.61 bits per heavy atom. The molecular weight excluding hydrogens is 374 g/mol. The Morgan fingerprint density at radius 1 is 0.893 bits per heavy atom. The first kappa shape index (κ1) is 19.3. The van der Waals surface area contributed by atoms with Gasteiger partial charge in [-0.3, -0.25) is 14.4 Å². The third kappa shape index (κ3) is 5.05. The average Bonchev–Trinajstić information content (AvgIpc) is 3.24. The monoisotopic (exact) mass is 393 g/mol. The predicted octanol–water partition coefficient (Wildman–Crippen LogP) is 2.83. The molecule has 0 spiro atoms. The molecule has 1 aromatic heterocycles. The Labute approximate surface area is 166 Å². The third-order valence-electron chi connectivity index (χ3n) is 4.08. The van der Waals surface area contributed by atoms with Gasteiger partial charge in [0.2, 0.25) is 5.91 Å². The molecule has 0 radical (unpaired) electrons. The fourth-order valence-corrected chi connectivity index (χ4v) is 3.24.